The SMILES string of the molecule is CC1=CCCC(C)=C1C[C@H](NC(=O)OC(C)(C)C)C(=O)NC(Cc1cnc[nH]1)c1nc(CC2CCCC2)no1. The quantitative estimate of drug-likeness (QED) is 0.375. The molecule has 10 nitrogen and oxygen atoms in total. The van der Waals surface area contributed by atoms with Gasteiger partial charge in [-0.1, -0.05) is 48.1 Å². The molecule has 2 aliphatic rings. The Morgan fingerprint density at radius 2 is 1.95 bits per heavy atom. The first kappa shape index (κ1) is 28.6. The van der Waals surface area contributed by atoms with Crippen LogP contribution < -0.4 is 10.6 Å². The Labute approximate surface area is 230 Å². The number of hydrogen-bond donors (Lipinski definition) is 3. The second-order valence-corrected chi connectivity index (χ2v) is 11.8. The highest BCUT2D eigenvalue weighted by atomic mass is 16.6. The number of imidazole rings is 1. The highest BCUT2D eigenvalue weighted by Gasteiger charge is 2.31. The number of alkyl carbamates (subject to hydrolysis) is 1. The third kappa shape index (κ3) is 8.28. The summed E-state index contributed by atoms with van der Waals surface area (Å²) in [5.41, 5.74) is 3.56. The molecule has 0 bridgehead atoms. The molecule has 0 radical (unpaired) electrons. The summed E-state index contributed by atoms with van der Waals surface area (Å²) >= 11 is 0. The topological polar surface area (TPSA) is 135 Å². The number of nitrogens with zero attached hydrogens (tertiary/aromatic N) is 3. The van der Waals surface area contributed by atoms with Gasteiger partial charge in [-0.15, -0.1) is 0 Å². The number of amides is 2. The minimum absolute atomic E-state index is 0.339. The van der Waals surface area contributed by atoms with Crippen molar-refractivity contribution < 1.29 is 18.8 Å². The maximum absolute atomic E-state index is 13.8. The number of rotatable bonds is 10. The van der Waals surface area contributed by atoms with Gasteiger partial charge in [-0.05, 0) is 59.0 Å². The number of carbonyl (C=O) groups is 2. The van der Waals surface area contributed by atoms with Gasteiger partial charge in [-0.2, -0.15) is 4.98 Å². The first-order chi connectivity index (χ1) is 18.6. The lowest BCUT2D eigenvalue weighted by Gasteiger charge is -2.27. The molecule has 1 saturated carbocycles. The molecule has 0 spiro atoms. The third-order valence-electron chi connectivity index (χ3n) is 7.40. The van der Waals surface area contributed by atoms with Crippen LogP contribution in [0.15, 0.2) is 39.8 Å². The number of ether oxygens (including phenoxy) is 1. The summed E-state index contributed by atoms with van der Waals surface area (Å²) in [5.74, 6) is 1.22. The van der Waals surface area contributed by atoms with Crippen molar-refractivity contribution in [1.82, 2.24) is 30.7 Å². The van der Waals surface area contributed by atoms with Crippen molar-refractivity contribution in [2.75, 3.05) is 0 Å². The minimum Gasteiger partial charge on any atom is -0.444 e. The highest BCUT2D eigenvalue weighted by Crippen LogP contribution is 2.30. The Morgan fingerprint density at radius 3 is 2.62 bits per heavy atom. The average Bonchev–Trinajstić information content (AvgIpc) is 3.63. The molecule has 212 valence electrons. The second kappa shape index (κ2) is 12.6. The summed E-state index contributed by atoms with van der Waals surface area (Å²) in [6, 6.07) is -1.44. The van der Waals surface area contributed by atoms with Gasteiger partial charge in [-0.25, -0.2) is 9.78 Å². The van der Waals surface area contributed by atoms with Crippen LogP contribution in [0.1, 0.15) is 103 Å². The molecule has 4 rings (SSSR count). The van der Waals surface area contributed by atoms with Crippen molar-refractivity contribution in [1.29, 1.82) is 0 Å². The summed E-state index contributed by atoms with van der Waals surface area (Å²) in [7, 11) is 0. The van der Waals surface area contributed by atoms with Crippen LogP contribution in [0, 0.1) is 5.92 Å². The van der Waals surface area contributed by atoms with Crippen molar-refractivity contribution in [3.8, 4) is 0 Å². The van der Waals surface area contributed by atoms with Crippen LogP contribution in [-0.4, -0.2) is 43.8 Å². The molecule has 2 heterocycles. The van der Waals surface area contributed by atoms with Crippen LogP contribution in [0.4, 0.5) is 4.79 Å². The van der Waals surface area contributed by atoms with E-state index < -0.39 is 23.8 Å². The molecule has 10 heteroatoms. The average molecular weight is 539 g/mol. The molecule has 2 atom stereocenters. The standard InChI is InChI=1S/C29H42N6O4/c1-18-9-8-10-19(2)22(18)15-23(33-28(37)38-29(3,4)5)26(36)32-24(14-21-16-30-17-31-21)27-34-25(35-39-27)13-20-11-6-7-12-20/h9,16-17,20,23-24H,6-8,10-15H2,1-5H3,(H,30,31)(H,32,36)(H,33,37)/t23-,24?/m0/s1. The molecule has 1 unspecified atom stereocenters. The van der Waals surface area contributed by atoms with E-state index >= 15 is 0 Å². The maximum atomic E-state index is 13.8. The summed E-state index contributed by atoms with van der Waals surface area (Å²) in [4.78, 5) is 38.4. The van der Waals surface area contributed by atoms with Gasteiger partial charge in [0, 0.05) is 31.2 Å². The van der Waals surface area contributed by atoms with Crippen LogP contribution in [0.2, 0.25) is 0 Å². The molecule has 2 aromatic heterocycles. The zero-order valence-corrected chi connectivity index (χ0v) is 23.8. The Balaban J connectivity index is 1.55. The van der Waals surface area contributed by atoms with E-state index in [1.807, 2.05) is 6.92 Å². The Hall–Kier alpha value is -3.43. The molecule has 1 fully saturated rings. The lowest BCUT2D eigenvalue weighted by Crippen LogP contribution is -2.49. The highest BCUT2D eigenvalue weighted by molar-refractivity contribution is 5.86. The number of aromatic amines is 1. The van der Waals surface area contributed by atoms with Gasteiger partial charge >= 0.3 is 6.09 Å². The van der Waals surface area contributed by atoms with Crippen molar-refractivity contribution >= 4 is 12.0 Å². The van der Waals surface area contributed by atoms with Crippen LogP contribution in [-0.2, 0) is 22.4 Å². The van der Waals surface area contributed by atoms with Gasteiger partial charge in [0.05, 0.1) is 6.33 Å². The van der Waals surface area contributed by atoms with Gasteiger partial charge in [0.2, 0.25) is 11.8 Å². The predicted molar refractivity (Wildman–Crippen MR) is 147 cm³/mol. The van der Waals surface area contributed by atoms with E-state index in [4.69, 9.17) is 9.26 Å². The molecule has 3 N–H and O–H groups in total. The van der Waals surface area contributed by atoms with E-state index in [2.05, 4.69) is 43.7 Å². The number of carbonyl (C=O) groups excluding carboxylic acids is 2. The summed E-state index contributed by atoms with van der Waals surface area (Å²) in [6.07, 6.45) is 13.1. The summed E-state index contributed by atoms with van der Waals surface area (Å²) in [5, 5.41) is 10.1. The maximum Gasteiger partial charge on any atom is 0.408 e. The molecule has 2 aliphatic carbocycles. The Kier molecular flexibility index (Phi) is 9.24. The lowest BCUT2D eigenvalue weighted by atomic mass is 9.88. The van der Waals surface area contributed by atoms with Crippen LogP contribution in [0.25, 0.3) is 0 Å². The van der Waals surface area contributed by atoms with Crippen molar-refractivity contribution in [3.05, 3.63) is 52.7 Å². The number of hydrogen-bond acceptors (Lipinski definition) is 7. The van der Waals surface area contributed by atoms with Crippen LogP contribution >= 0.6 is 0 Å². The monoisotopic (exact) mass is 538 g/mol. The summed E-state index contributed by atoms with van der Waals surface area (Å²) in [6.45, 7) is 9.51. The van der Waals surface area contributed by atoms with E-state index in [9.17, 15) is 9.59 Å². The van der Waals surface area contributed by atoms with Crippen molar-refractivity contribution in [2.45, 2.75) is 110 Å². The van der Waals surface area contributed by atoms with Crippen molar-refractivity contribution in [2.24, 2.45) is 5.92 Å². The first-order valence-corrected chi connectivity index (χ1v) is 14.0. The number of allylic oxidation sites excluding steroid dienone is 3. The van der Waals surface area contributed by atoms with Crippen LogP contribution in [0.3, 0.4) is 0 Å². The smallest absolute Gasteiger partial charge is 0.408 e. The van der Waals surface area contributed by atoms with E-state index in [0.717, 1.165) is 36.1 Å². The molecular weight excluding hydrogens is 496 g/mol. The van der Waals surface area contributed by atoms with E-state index in [0.29, 0.717) is 30.5 Å². The molecule has 2 amide bonds. The van der Waals surface area contributed by atoms with Gasteiger partial charge < -0.3 is 24.9 Å². The fraction of sp³-hybridized carbons (Fsp3) is 0.621. The Bertz CT molecular complexity index is 1180. The first-order valence-electron chi connectivity index (χ1n) is 14.0. The number of nitrogens with one attached hydrogen (secondary N) is 3. The fourth-order valence-electron chi connectivity index (χ4n) is 5.37. The third-order valence-corrected chi connectivity index (χ3v) is 7.40. The number of aromatic nitrogens is 4. The van der Waals surface area contributed by atoms with Gasteiger partial charge in [-0.3, -0.25) is 4.79 Å². The number of H-pyrrole nitrogens is 1. The Morgan fingerprint density at radius 1 is 1.18 bits per heavy atom. The lowest BCUT2D eigenvalue weighted by molar-refractivity contribution is -0.124. The van der Waals surface area contributed by atoms with Crippen LogP contribution in [0.5, 0.6) is 0 Å². The van der Waals surface area contributed by atoms with Gasteiger partial charge in [0.25, 0.3) is 0 Å². The van der Waals surface area contributed by atoms with E-state index in [1.54, 1.807) is 33.3 Å². The second-order valence-electron chi connectivity index (χ2n) is 11.8. The zero-order chi connectivity index (χ0) is 28.0. The van der Waals surface area contributed by atoms with Gasteiger partial charge in [0.1, 0.15) is 17.7 Å². The molecule has 0 aliphatic heterocycles. The van der Waals surface area contributed by atoms with E-state index in [1.165, 1.54) is 31.3 Å². The molecule has 39 heavy (non-hydrogen) atoms. The molecule has 0 aromatic carbocycles. The normalized spacial score (nSPS) is 18.0. The largest absolute Gasteiger partial charge is 0.444 e. The van der Waals surface area contributed by atoms with Gasteiger partial charge in [0.15, 0.2) is 5.82 Å². The predicted octanol–water partition coefficient (Wildman–Crippen LogP) is 5.27. The molecule has 0 saturated heterocycles. The van der Waals surface area contributed by atoms with E-state index in [-0.39, 0.29) is 5.91 Å². The zero-order valence-electron chi connectivity index (χ0n) is 23.8. The molecule has 2 aromatic rings. The summed E-state index contributed by atoms with van der Waals surface area (Å²) < 4.78 is 11.1. The minimum atomic E-state index is -0.851. The fourth-order valence-corrected chi connectivity index (χ4v) is 5.37. The van der Waals surface area contributed by atoms with Crippen molar-refractivity contribution in [3.63, 3.8) is 0 Å². The molecular formula is C29H42N6O4.